The Morgan fingerprint density at radius 1 is 1.38 bits per heavy atom. The number of carbonyl (C=O) groups is 1. The van der Waals surface area contributed by atoms with E-state index >= 15 is 0 Å². The van der Waals surface area contributed by atoms with Gasteiger partial charge in [0.2, 0.25) is 0 Å². The molecule has 2 rings (SSSR count). The highest BCUT2D eigenvalue weighted by Gasteiger charge is 2.23. The van der Waals surface area contributed by atoms with Gasteiger partial charge >= 0.3 is 0 Å². The van der Waals surface area contributed by atoms with Crippen molar-refractivity contribution in [2.75, 3.05) is 0 Å². The third-order valence-corrected chi connectivity index (χ3v) is 2.86. The lowest BCUT2D eigenvalue weighted by Gasteiger charge is -2.20. The van der Waals surface area contributed by atoms with Gasteiger partial charge in [0.15, 0.2) is 5.78 Å². The Bertz CT molecular complexity index is 357. The Morgan fingerprint density at radius 2 is 2.15 bits per heavy atom. The van der Waals surface area contributed by atoms with Crippen molar-refractivity contribution in [2.45, 2.75) is 19.8 Å². The molecule has 0 N–H and O–H groups in total. The first-order chi connectivity index (χ1) is 6.18. The SMILES string of the molecule is CC1CC(=O)c2cccc(Cl)c2C1. The molecule has 0 amide bonds. The fourth-order valence-electron chi connectivity index (χ4n) is 1.87. The van der Waals surface area contributed by atoms with Gasteiger partial charge < -0.3 is 0 Å². The molecule has 13 heavy (non-hydrogen) atoms. The maximum absolute atomic E-state index is 11.6. The van der Waals surface area contributed by atoms with Crippen LogP contribution in [0.2, 0.25) is 5.02 Å². The zero-order chi connectivity index (χ0) is 9.42. The molecule has 2 heteroatoms. The van der Waals surface area contributed by atoms with Crippen molar-refractivity contribution < 1.29 is 4.79 Å². The second-order valence-corrected chi connectivity index (χ2v) is 4.11. The van der Waals surface area contributed by atoms with E-state index in [9.17, 15) is 4.79 Å². The summed E-state index contributed by atoms with van der Waals surface area (Å²) in [4.78, 5) is 11.6. The maximum atomic E-state index is 11.6. The lowest BCUT2D eigenvalue weighted by atomic mass is 9.84. The Balaban J connectivity index is 2.55. The summed E-state index contributed by atoms with van der Waals surface area (Å²) >= 11 is 6.02. The van der Waals surface area contributed by atoms with Gasteiger partial charge in [0.05, 0.1) is 0 Å². The summed E-state index contributed by atoms with van der Waals surface area (Å²) in [5, 5.41) is 0.734. The number of hydrogen-bond acceptors (Lipinski definition) is 1. The van der Waals surface area contributed by atoms with Crippen molar-refractivity contribution in [3.63, 3.8) is 0 Å². The van der Waals surface area contributed by atoms with Crippen LogP contribution in [0.5, 0.6) is 0 Å². The first-order valence-corrected chi connectivity index (χ1v) is 4.87. The second kappa shape index (κ2) is 3.15. The molecular formula is C11H11ClO. The van der Waals surface area contributed by atoms with Crippen molar-refractivity contribution in [1.29, 1.82) is 0 Å². The van der Waals surface area contributed by atoms with Crippen LogP contribution >= 0.6 is 11.6 Å². The number of hydrogen-bond donors (Lipinski definition) is 0. The second-order valence-electron chi connectivity index (χ2n) is 3.70. The van der Waals surface area contributed by atoms with Gasteiger partial charge in [-0.1, -0.05) is 30.7 Å². The first kappa shape index (κ1) is 8.76. The number of rotatable bonds is 0. The van der Waals surface area contributed by atoms with E-state index < -0.39 is 0 Å². The number of carbonyl (C=O) groups excluding carboxylic acids is 1. The Hall–Kier alpha value is -0.820. The molecular weight excluding hydrogens is 184 g/mol. The normalized spacial score (nSPS) is 21.4. The lowest BCUT2D eigenvalue weighted by Crippen LogP contribution is -2.18. The monoisotopic (exact) mass is 194 g/mol. The van der Waals surface area contributed by atoms with E-state index in [0.29, 0.717) is 12.3 Å². The molecule has 1 aromatic rings. The molecule has 0 bridgehead atoms. The van der Waals surface area contributed by atoms with Gasteiger partial charge in [-0.15, -0.1) is 0 Å². The molecule has 0 spiro atoms. The van der Waals surface area contributed by atoms with Crippen LogP contribution in [-0.4, -0.2) is 5.78 Å². The fourth-order valence-corrected chi connectivity index (χ4v) is 2.13. The first-order valence-electron chi connectivity index (χ1n) is 4.49. The van der Waals surface area contributed by atoms with Crippen molar-refractivity contribution in [3.8, 4) is 0 Å². The smallest absolute Gasteiger partial charge is 0.163 e. The summed E-state index contributed by atoms with van der Waals surface area (Å²) in [5.74, 6) is 0.663. The lowest BCUT2D eigenvalue weighted by molar-refractivity contribution is 0.0953. The van der Waals surface area contributed by atoms with Crippen LogP contribution in [0.3, 0.4) is 0 Å². The average molecular weight is 195 g/mol. The Morgan fingerprint density at radius 3 is 2.92 bits per heavy atom. The summed E-state index contributed by atoms with van der Waals surface area (Å²) in [6, 6.07) is 5.57. The topological polar surface area (TPSA) is 17.1 Å². The van der Waals surface area contributed by atoms with Crippen LogP contribution in [0.4, 0.5) is 0 Å². The molecule has 0 heterocycles. The molecule has 1 atom stereocenters. The van der Waals surface area contributed by atoms with Crippen molar-refractivity contribution in [2.24, 2.45) is 5.92 Å². The van der Waals surface area contributed by atoms with Gasteiger partial charge in [-0.05, 0) is 24.0 Å². The van der Waals surface area contributed by atoms with Crippen LogP contribution in [-0.2, 0) is 6.42 Å². The third kappa shape index (κ3) is 1.49. The van der Waals surface area contributed by atoms with E-state index in [0.717, 1.165) is 22.6 Å². The van der Waals surface area contributed by atoms with E-state index in [1.165, 1.54) is 0 Å². The average Bonchev–Trinajstić information content (AvgIpc) is 2.07. The molecule has 1 nitrogen and oxygen atoms in total. The molecule has 0 aliphatic heterocycles. The molecule has 0 radical (unpaired) electrons. The van der Waals surface area contributed by atoms with Gasteiger partial charge in [0.25, 0.3) is 0 Å². The number of benzene rings is 1. The molecule has 1 aliphatic carbocycles. The van der Waals surface area contributed by atoms with Crippen LogP contribution in [0.1, 0.15) is 29.3 Å². The van der Waals surface area contributed by atoms with Gasteiger partial charge in [-0.3, -0.25) is 4.79 Å². The van der Waals surface area contributed by atoms with Gasteiger partial charge in [0, 0.05) is 17.0 Å². The standard InChI is InChI=1S/C11H11ClO/c1-7-5-9-8(11(13)6-7)3-2-4-10(9)12/h2-4,7H,5-6H2,1H3. The summed E-state index contributed by atoms with van der Waals surface area (Å²) < 4.78 is 0. The molecule has 0 aromatic heterocycles. The summed E-state index contributed by atoms with van der Waals surface area (Å²) in [6.07, 6.45) is 1.59. The number of ketones is 1. The number of Topliss-reactive ketones (excluding diaryl/α,β-unsaturated/α-hetero) is 1. The largest absolute Gasteiger partial charge is 0.294 e. The molecule has 0 fully saturated rings. The van der Waals surface area contributed by atoms with Gasteiger partial charge in [0.1, 0.15) is 0 Å². The van der Waals surface area contributed by atoms with E-state index in [1.807, 2.05) is 18.2 Å². The van der Waals surface area contributed by atoms with Crippen LogP contribution < -0.4 is 0 Å². The molecule has 1 aromatic carbocycles. The van der Waals surface area contributed by atoms with Crippen molar-refractivity contribution >= 4 is 17.4 Å². The molecule has 1 aliphatic rings. The van der Waals surface area contributed by atoms with Crippen LogP contribution in [0, 0.1) is 5.92 Å². The number of fused-ring (bicyclic) bond motifs is 1. The molecule has 68 valence electrons. The van der Waals surface area contributed by atoms with Crippen LogP contribution in [0.25, 0.3) is 0 Å². The predicted molar refractivity (Wildman–Crippen MR) is 53.3 cm³/mol. The third-order valence-electron chi connectivity index (χ3n) is 2.51. The molecule has 0 saturated carbocycles. The minimum atomic E-state index is 0.233. The molecule has 1 unspecified atom stereocenters. The van der Waals surface area contributed by atoms with E-state index in [1.54, 1.807) is 0 Å². The van der Waals surface area contributed by atoms with E-state index in [4.69, 9.17) is 11.6 Å². The highest BCUT2D eigenvalue weighted by atomic mass is 35.5. The molecule has 0 saturated heterocycles. The fraction of sp³-hybridized carbons (Fsp3) is 0.364. The Labute approximate surface area is 82.7 Å². The quantitative estimate of drug-likeness (QED) is 0.620. The van der Waals surface area contributed by atoms with Crippen molar-refractivity contribution in [1.82, 2.24) is 0 Å². The Kier molecular flexibility index (Phi) is 2.12. The summed E-state index contributed by atoms with van der Waals surface area (Å²) in [7, 11) is 0. The highest BCUT2D eigenvalue weighted by Crippen LogP contribution is 2.30. The number of halogens is 1. The minimum Gasteiger partial charge on any atom is -0.294 e. The van der Waals surface area contributed by atoms with E-state index in [2.05, 4.69) is 6.92 Å². The van der Waals surface area contributed by atoms with Crippen LogP contribution in [0.15, 0.2) is 18.2 Å². The van der Waals surface area contributed by atoms with Gasteiger partial charge in [-0.2, -0.15) is 0 Å². The summed E-state index contributed by atoms with van der Waals surface area (Å²) in [5.41, 5.74) is 1.86. The zero-order valence-corrected chi connectivity index (χ0v) is 8.27. The summed E-state index contributed by atoms with van der Waals surface area (Å²) in [6.45, 7) is 2.09. The minimum absolute atomic E-state index is 0.233. The van der Waals surface area contributed by atoms with E-state index in [-0.39, 0.29) is 5.78 Å². The van der Waals surface area contributed by atoms with Gasteiger partial charge in [-0.25, -0.2) is 0 Å². The highest BCUT2D eigenvalue weighted by molar-refractivity contribution is 6.32. The van der Waals surface area contributed by atoms with Crippen molar-refractivity contribution in [3.05, 3.63) is 34.3 Å². The zero-order valence-electron chi connectivity index (χ0n) is 7.51. The maximum Gasteiger partial charge on any atom is 0.163 e. The predicted octanol–water partition coefficient (Wildman–Crippen LogP) is 3.11.